The van der Waals surface area contributed by atoms with E-state index in [0.717, 1.165) is 18.2 Å². The first-order chi connectivity index (χ1) is 9.74. The lowest BCUT2D eigenvalue weighted by Gasteiger charge is -2.58. The van der Waals surface area contributed by atoms with Crippen LogP contribution in [0.2, 0.25) is 0 Å². The lowest BCUT2D eigenvalue weighted by atomic mass is 9.55. The molecule has 2 atom stereocenters. The zero-order valence-electron chi connectivity index (χ0n) is 12.7. The molecule has 0 radical (unpaired) electrons. The monoisotopic (exact) mass is 294 g/mol. The molecule has 0 aromatic carbocycles. The maximum Gasteiger partial charge on any atom is 0.0897 e. The van der Waals surface area contributed by atoms with Gasteiger partial charge in [0.1, 0.15) is 0 Å². The first kappa shape index (κ1) is 14.5. The SMILES string of the molecule is CCOC1CC(NCc2csc(C)n2)C12CCCCC2. The van der Waals surface area contributed by atoms with Crippen LogP contribution in [0, 0.1) is 12.3 Å². The van der Waals surface area contributed by atoms with Crippen LogP contribution in [0.15, 0.2) is 5.38 Å². The van der Waals surface area contributed by atoms with Crippen LogP contribution in [-0.2, 0) is 11.3 Å². The molecule has 2 saturated carbocycles. The Hall–Kier alpha value is -0.450. The highest BCUT2D eigenvalue weighted by Gasteiger charge is 2.55. The average molecular weight is 294 g/mol. The Morgan fingerprint density at radius 1 is 1.40 bits per heavy atom. The number of nitrogens with zero attached hydrogens (tertiary/aromatic N) is 1. The molecule has 0 bridgehead atoms. The summed E-state index contributed by atoms with van der Waals surface area (Å²) in [6, 6.07) is 0.626. The molecule has 0 saturated heterocycles. The first-order valence-corrected chi connectivity index (χ1v) is 8.88. The van der Waals surface area contributed by atoms with E-state index in [1.807, 2.05) is 0 Å². The number of nitrogens with one attached hydrogen (secondary N) is 1. The quantitative estimate of drug-likeness (QED) is 0.899. The van der Waals surface area contributed by atoms with Gasteiger partial charge >= 0.3 is 0 Å². The third kappa shape index (κ3) is 2.66. The number of hydrogen-bond acceptors (Lipinski definition) is 4. The molecular weight excluding hydrogens is 268 g/mol. The van der Waals surface area contributed by atoms with Crippen LogP contribution in [0.25, 0.3) is 0 Å². The van der Waals surface area contributed by atoms with Crippen molar-refractivity contribution in [1.29, 1.82) is 0 Å². The van der Waals surface area contributed by atoms with Crippen molar-refractivity contribution in [2.45, 2.75) is 71.1 Å². The molecule has 2 fully saturated rings. The van der Waals surface area contributed by atoms with E-state index in [4.69, 9.17) is 4.74 Å². The first-order valence-electron chi connectivity index (χ1n) is 8.00. The number of aromatic nitrogens is 1. The second-order valence-corrected chi connectivity index (χ2v) is 7.33. The summed E-state index contributed by atoms with van der Waals surface area (Å²) < 4.78 is 6.00. The van der Waals surface area contributed by atoms with Gasteiger partial charge in [0, 0.05) is 30.0 Å². The van der Waals surface area contributed by atoms with E-state index in [-0.39, 0.29) is 0 Å². The standard InChI is InChI=1S/C16H26N2OS/c1-3-19-15-9-14(16(15)7-5-4-6-8-16)17-10-13-11-20-12(2)18-13/h11,14-15,17H,3-10H2,1-2H3. The maximum atomic E-state index is 6.00. The molecule has 20 heavy (non-hydrogen) atoms. The minimum atomic E-state index is 0.416. The predicted octanol–water partition coefficient (Wildman–Crippen LogP) is 3.67. The molecule has 1 spiro atoms. The summed E-state index contributed by atoms with van der Waals surface area (Å²) >= 11 is 1.74. The number of rotatable bonds is 5. The molecule has 3 rings (SSSR count). The van der Waals surface area contributed by atoms with Gasteiger partial charge in [-0.2, -0.15) is 0 Å². The van der Waals surface area contributed by atoms with Gasteiger partial charge in [0.2, 0.25) is 0 Å². The molecule has 0 amide bonds. The fourth-order valence-electron chi connectivity index (χ4n) is 4.07. The lowest BCUT2D eigenvalue weighted by molar-refractivity contribution is -0.150. The summed E-state index contributed by atoms with van der Waals surface area (Å²) in [4.78, 5) is 4.55. The molecule has 2 aliphatic carbocycles. The van der Waals surface area contributed by atoms with E-state index in [2.05, 4.69) is 29.5 Å². The predicted molar refractivity (Wildman–Crippen MR) is 83.0 cm³/mol. The summed E-state index contributed by atoms with van der Waals surface area (Å²) in [5.74, 6) is 0. The number of aryl methyl sites for hydroxylation is 1. The molecule has 1 aromatic heterocycles. The molecular formula is C16H26N2OS. The van der Waals surface area contributed by atoms with Gasteiger partial charge in [0.15, 0.2) is 0 Å². The van der Waals surface area contributed by atoms with Crippen molar-refractivity contribution in [3.05, 3.63) is 16.1 Å². The van der Waals surface area contributed by atoms with Gasteiger partial charge in [0.05, 0.1) is 16.8 Å². The largest absolute Gasteiger partial charge is 0.378 e. The van der Waals surface area contributed by atoms with Crippen molar-refractivity contribution in [2.24, 2.45) is 5.41 Å². The highest BCUT2D eigenvalue weighted by molar-refractivity contribution is 7.09. The number of thiazole rings is 1. The van der Waals surface area contributed by atoms with Gasteiger partial charge in [-0.25, -0.2) is 4.98 Å². The van der Waals surface area contributed by atoms with Crippen LogP contribution in [0.1, 0.15) is 56.2 Å². The fraction of sp³-hybridized carbons (Fsp3) is 0.812. The molecule has 112 valence electrons. The van der Waals surface area contributed by atoms with Gasteiger partial charge in [-0.15, -0.1) is 11.3 Å². The molecule has 1 aromatic rings. The van der Waals surface area contributed by atoms with E-state index in [9.17, 15) is 0 Å². The molecule has 1 N–H and O–H groups in total. The van der Waals surface area contributed by atoms with Gasteiger partial charge < -0.3 is 10.1 Å². The Balaban J connectivity index is 1.61. The van der Waals surface area contributed by atoms with E-state index in [1.165, 1.54) is 44.2 Å². The molecule has 3 nitrogen and oxygen atoms in total. The maximum absolute atomic E-state index is 6.00. The van der Waals surface area contributed by atoms with Crippen molar-refractivity contribution >= 4 is 11.3 Å². The van der Waals surface area contributed by atoms with Gasteiger partial charge in [0.25, 0.3) is 0 Å². The van der Waals surface area contributed by atoms with Gasteiger partial charge in [-0.3, -0.25) is 0 Å². The summed E-state index contributed by atoms with van der Waals surface area (Å²) in [5, 5.41) is 7.10. The summed E-state index contributed by atoms with van der Waals surface area (Å²) in [5.41, 5.74) is 1.61. The zero-order valence-corrected chi connectivity index (χ0v) is 13.5. The van der Waals surface area contributed by atoms with Crippen LogP contribution in [0.3, 0.4) is 0 Å². The van der Waals surface area contributed by atoms with Crippen LogP contribution >= 0.6 is 11.3 Å². The molecule has 1 heterocycles. The highest BCUT2D eigenvalue weighted by atomic mass is 32.1. The van der Waals surface area contributed by atoms with Crippen molar-refractivity contribution in [1.82, 2.24) is 10.3 Å². The topological polar surface area (TPSA) is 34.1 Å². The van der Waals surface area contributed by atoms with Crippen molar-refractivity contribution in [2.75, 3.05) is 6.61 Å². The Labute approximate surface area is 126 Å². The second kappa shape index (κ2) is 6.12. The minimum absolute atomic E-state index is 0.416. The Kier molecular flexibility index (Phi) is 4.43. The van der Waals surface area contributed by atoms with Crippen molar-refractivity contribution < 1.29 is 4.74 Å². The summed E-state index contributed by atoms with van der Waals surface area (Å²) in [7, 11) is 0. The third-order valence-electron chi connectivity index (χ3n) is 5.13. The van der Waals surface area contributed by atoms with Crippen LogP contribution < -0.4 is 5.32 Å². The highest BCUT2D eigenvalue weighted by Crippen LogP contribution is 2.53. The summed E-state index contributed by atoms with van der Waals surface area (Å²) in [6.07, 6.45) is 8.49. The van der Waals surface area contributed by atoms with E-state index < -0.39 is 0 Å². The number of ether oxygens (including phenoxy) is 1. The lowest BCUT2D eigenvalue weighted by Crippen LogP contribution is -2.64. The van der Waals surface area contributed by atoms with E-state index >= 15 is 0 Å². The average Bonchev–Trinajstić information content (AvgIpc) is 2.88. The van der Waals surface area contributed by atoms with Crippen molar-refractivity contribution in [3.63, 3.8) is 0 Å². The minimum Gasteiger partial charge on any atom is -0.378 e. The normalized spacial score (nSPS) is 28.5. The summed E-state index contributed by atoms with van der Waals surface area (Å²) in [6.45, 7) is 5.96. The van der Waals surface area contributed by atoms with Crippen LogP contribution in [0.4, 0.5) is 0 Å². The molecule has 2 unspecified atom stereocenters. The van der Waals surface area contributed by atoms with Crippen LogP contribution in [-0.4, -0.2) is 23.7 Å². The van der Waals surface area contributed by atoms with Gasteiger partial charge in [-0.1, -0.05) is 19.3 Å². The fourth-order valence-corrected chi connectivity index (χ4v) is 4.68. The molecule has 0 aliphatic heterocycles. The molecule has 4 heteroatoms. The third-order valence-corrected chi connectivity index (χ3v) is 5.96. The van der Waals surface area contributed by atoms with Crippen LogP contribution in [0.5, 0.6) is 0 Å². The Morgan fingerprint density at radius 2 is 2.20 bits per heavy atom. The smallest absolute Gasteiger partial charge is 0.0897 e. The number of hydrogen-bond donors (Lipinski definition) is 1. The van der Waals surface area contributed by atoms with Gasteiger partial charge in [-0.05, 0) is 33.1 Å². The zero-order chi connectivity index (χ0) is 14.0. The van der Waals surface area contributed by atoms with E-state index in [0.29, 0.717) is 17.6 Å². The van der Waals surface area contributed by atoms with Crippen molar-refractivity contribution in [3.8, 4) is 0 Å². The Bertz CT molecular complexity index is 439. The Morgan fingerprint density at radius 3 is 2.85 bits per heavy atom. The van der Waals surface area contributed by atoms with E-state index in [1.54, 1.807) is 11.3 Å². The molecule has 2 aliphatic rings. The second-order valence-electron chi connectivity index (χ2n) is 6.26.